The molecule has 1 atom stereocenters. The van der Waals surface area contributed by atoms with Gasteiger partial charge in [-0.15, -0.1) is 0 Å². The van der Waals surface area contributed by atoms with Gasteiger partial charge in [0.2, 0.25) is 0 Å². The Kier molecular flexibility index (Phi) is 4.64. The van der Waals surface area contributed by atoms with Gasteiger partial charge in [-0.1, -0.05) is 42.5 Å². The molecule has 0 spiro atoms. The van der Waals surface area contributed by atoms with Crippen LogP contribution in [0.3, 0.4) is 0 Å². The van der Waals surface area contributed by atoms with E-state index in [-0.39, 0.29) is 17.6 Å². The molecule has 3 heteroatoms. The Hall–Kier alpha value is -2.00. The first-order valence-electron chi connectivity index (χ1n) is 6.63. The smallest absolute Gasteiger partial charge is 0.147 e. The van der Waals surface area contributed by atoms with Crippen molar-refractivity contribution < 1.29 is 9.18 Å². The number of Topliss-reactive ketones (excluding diaryl/α,β-unsaturated/α-hetero) is 1. The zero-order chi connectivity index (χ0) is 14.5. The van der Waals surface area contributed by atoms with Gasteiger partial charge < -0.3 is 5.32 Å². The fraction of sp³-hybridized carbons (Fsp3) is 0.235. The molecule has 0 fully saturated rings. The molecule has 2 rings (SSSR count). The highest BCUT2D eigenvalue weighted by Gasteiger charge is 2.12. The number of benzene rings is 2. The summed E-state index contributed by atoms with van der Waals surface area (Å²) in [6.45, 7) is 1.58. The molecule has 104 valence electrons. The lowest BCUT2D eigenvalue weighted by molar-refractivity contribution is -0.118. The fourth-order valence-corrected chi connectivity index (χ4v) is 2.20. The molecule has 2 aromatic carbocycles. The normalized spacial score (nSPS) is 12.2. The molecule has 0 aliphatic carbocycles. The minimum atomic E-state index is -0.225. The molecule has 0 heterocycles. The van der Waals surface area contributed by atoms with Crippen LogP contribution in [0.25, 0.3) is 11.1 Å². The summed E-state index contributed by atoms with van der Waals surface area (Å²) in [5.41, 5.74) is 2.49. The zero-order valence-corrected chi connectivity index (χ0v) is 11.7. The Balaban J connectivity index is 2.18. The molecule has 0 radical (unpaired) electrons. The van der Waals surface area contributed by atoms with Crippen LogP contribution >= 0.6 is 0 Å². The van der Waals surface area contributed by atoms with E-state index in [4.69, 9.17) is 0 Å². The SMILES string of the molecule is CN[C@@H](Cc1ccc(-c2ccccc2F)cc1)C(C)=O. The van der Waals surface area contributed by atoms with Gasteiger partial charge in [0.25, 0.3) is 0 Å². The van der Waals surface area contributed by atoms with E-state index in [1.807, 2.05) is 30.3 Å². The van der Waals surface area contributed by atoms with Gasteiger partial charge in [0.15, 0.2) is 0 Å². The predicted octanol–water partition coefficient (Wildman–Crippen LogP) is 3.21. The summed E-state index contributed by atoms with van der Waals surface area (Å²) >= 11 is 0. The van der Waals surface area contributed by atoms with Crippen LogP contribution in [0.2, 0.25) is 0 Å². The van der Waals surface area contributed by atoms with Crippen LogP contribution in [0.5, 0.6) is 0 Å². The second kappa shape index (κ2) is 6.44. The molecule has 0 aliphatic heterocycles. The van der Waals surface area contributed by atoms with Crippen LogP contribution < -0.4 is 5.32 Å². The molecular formula is C17H18FNO. The molecule has 0 aromatic heterocycles. The third-order valence-corrected chi connectivity index (χ3v) is 3.42. The van der Waals surface area contributed by atoms with Crippen molar-refractivity contribution >= 4 is 5.78 Å². The maximum Gasteiger partial charge on any atom is 0.147 e. The number of ketones is 1. The number of carbonyl (C=O) groups is 1. The van der Waals surface area contributed by atoms with E-state index in [9.17, 15) is 9.18 Å². The number of carbonyl (C=O) groups excluding carboxylic acids is 1. The van der Waals surface area contributed by atoms with Gasteiger partial charge in [0.05, 0.1) is 6.04 Å². The fourth-order valence-electron chi connectivity index (χ4n) is 2.20. The van der Waals surface area contributed by atoms with E-state index >= 15 is 0 Å². The zero-order valence-electron chi connectivity index (χ0n) is 11.7. The van der Waals surface area contributed by atoms with Crippen molar-refractivity contribution in [2.45, 2.75) is 19.4 Å². The van der Waals surface area contributed by atoms with Gasteiger partial charge in [0, 0.05) is 5.56 Å². The standard InChI is InChI=1S/C17H18FNO/c1-12(20)17(19-2)11-13-7-9-14(10-8-13)15-5-3-4-6-16(15)18/h3-10,17,19H,11H2,1-2H3/t17-/m0/s1. The van der Waals surface area contributed by atoms with Crippen molar-refractivity contribution in [3.8, 4) is 11.1 Å². The quantitative estimate of drug-likeness (QED) is 0.904. The average Bonchev–Trinajstić information content (AvgIpc) is 2.46. The lowest BCUT2D eigenvalue weighted by atomic mass is 9.99. The molecule has 2 aromatic rings. The lowest BCUT2D eigenvalue weighted by Crippen LogP contribution is -2.34. The predicted molar refractivity (Wildman–Crippen MR) is 79.1 cm³/mol. The Morgan fingerprint density at radius 2 is 1.80 bits per heavy atom. The van der Waals surface area contributed by atoms with Crippen LogP contribution in [0.15, 0.2) is 48.5 Å². The first-order valence-corrected chi connectivity index (χ1v) is 6.63. The molecular weight excluding hydrogens is 253 g/mol. The molecule has 0 amide bonds. The van der Waals surface area contributed by atoms with Crippen molar-refractivity contribution in [2.24, 2.45) is 0 Å². The maximum atomic E-state index is 13.7. The lowest BCUT2D eigenvalue weighted by Gasteiger charge is -2.13. The molecule has 2 nitrogen and oxygen atoms in total. The molecule has 0 bridgehead atoms. The first kappa shape index (κ1) is 14.4. The van der Waals surface area contributed by atoms with Crippen molar-refractivity contribution in [2.75, 3.05) is 7.05 Å². The number of nitrogens with one attached hydrogen (secondary N) is 1. The highest BCUT2D eigenvalue weighted by Crippen LogP contribution is 2.23. The number of likely N-dealkylation sites (N-methyl/N-ethyl adjacent to an activating group) is 1. The monoisotopic (exact) mass is 271 g/mol. The minimum Gasteiger partial charge on any atom is -0.310 e. The third-order valence-electron chi connectivity index (χ3n) is 3.42. The summed E-state index contributed by atoms with van der Waals surface area (Å²) in [7, 11) is 1.78. The summed E-state index contributed by atoms with van der Waals surface area (Å²) < 4.78 is 13.7. The van der Waals surface area contributed by atoms with Gasteiger partial charge in [-0.3, -0.25) is 4.79 Å². The van der Waals surface area contributed by atoms with Crippen LogP contribution in [0, 0.1) is 5.82 Å². The summed E-state index contributed by atoms with van der Waals surface area (Å²) in [6.07, 6.45) is 0.642. The van der Waals surface area contributed by atoms with Gasteiger partial charge in [-0.2, -0.15) is 0 Å². The second-order valence-electron chi connectivity index (χ2n) is 4.83. The number of rotatable bonds is 5. The Morgan fingerprint density at radius 1 is 1.15 bits per heavy atom. The number of hydrogen-bond donors (Lipinski definition) is 1. The van der Waals surface area contributed by atoms with Gasteiger partial charge in [0.1, 0.15) is 11.6 Å². The minimum absolute atomic E-state index is 0.116. The van der Waals surface area contributed by atoms with Crippen molar-refractivity contribution in [3.63, 3.8) is 0 Å². The van der Waals surface area contributed by atoms with Crippen molar-refractivity contribution in [1.29, 1.82) is 0 Å². The number of hydrogen-bond acceptors (Lipinski definition) is 2. The largest absolute Gasteiger partial charge is 0.310 e. The summed E-state index contributed by atoms with van der Waals surface area (Å²) in [5.74, 6) is -0.109. The maximum absolute atomic E-state index is 13.7. The van der Waals surface area contributed by atoms with E-state index in [0.717, 1.165) is 11.1 Å². The number of halogens is 1. The van der Waals surface area contributed by atoms with Crippen molar-refractivity contribution in [1.82, 2.24) is 5.32 Å². The third kappa shape index (κ3) is 3.31. The Morgan fingerprint density at radius 3 is 2.35 bits per heavy atom. The highest BCUT2D eigenvalue weighted by molar-refractivity contribution is 5.81. The summed E-state index contributed by atoms with van der Waals surface area (Å²) in [6, 6.07) is 14.2. The van der Waals surface area contributed by atoms with E-state index in [0.29, 0.717) is 12.0 Å². The first-order chi connectivity index (χ1) is 9.61. The summed E-state index contributed by atoms with van der Waals surface area (Å²) in [5, 5.41) is 3.00. The Bertz CT molecular complexity index is 592. The van der Waals surface area contributed by atoms with Gasteiger partial charge >= 0.3 is 0 Å². The molecule has 0 unspecified atom stereocenters. The highest BCUT2D eigenvalue weighted by atomic mass is 19.1. The van der Waals surface area contributed by atoms with Crippen LogP contribution in [0.1, 0.15) is 12.5 Å². The molecule has 0 aliphatic rings. The van der Waals surface area contributed by atoms with Crippen LogP contribution in [0.4, 0.5) is 4.39 Å². The van der Waals surface area contributed by atoms with E-state index in [2.05, 4.69) is 5.32 Å². The second-order valence-corrected chi connectivity index (χ2v) is 4.83. The molecule has 1 N–H and O–H groups in total. The van der Waals surface area contributed by atoms with Gasteiger partial charge in [-0.05, 0) is 37.6 Å². The molecule has 0 saturated heterocycles. The van der Waals surface area contributed by atoms with E-state index < -0.39 is 0 Å². The average molecular weight is 271 g/mol. The van der Waals surface area contributed by atoms with Crippen LogP contribution in [-0.4, -0.2) is 18.9 Å². The summed E-state index contributed by atoms with van der Waals surface area (Å²) in [4.78, 5) is 11.4. The molecule has 20 heavy (non-hydrogen) atoms. The van der Waals surface area contributed by atoms with Crippen molar-refractivity contribution in [3.05, 3.63) is 59.9 Å². The van der Waals surface area contributed by atoms with Crippen LogP contribution in [-0.2, 0) is 11.2 Å². The topological polar surface area (TPSA) is 29.1 Å². The van der Waals surface area contributed by atoms with E-state index in [1.165, 1.54) is 6.07 Å². The van der Waals surface area contributed by atoms with E-state index in [1.54, 1.807) is 26.1 Å². The Labute approximate surface area is 118 Å². The molecule has 0 saturated carbocycles. The van der Waals surface area contributed by atoms with Gasteiger partial charge in [-0.25, -0.2) is 4.39 Å².